The molecule has 0 unspecified atom stereocenters. The SMILES string of the molecule is CN(C)CCCNc1cc(NCCCN(C)C)c2c(c1)C(=O)c1ccncc1C2=O. The Morgan fingerprint density at radius 1 is 0.833 bits per heavy atom. The van der Waals surface area contributed by atoms with Gasteiger partial charge in [-0.25, -0.2) is 0 Å². The Labute approximate surface area is 178 Å². The van der Waals surface area contributed by atoms with Gasteiger partial charge >= 0.3 is 0 Å². The second kappa shape index (κ2) is 9.82. The summed E-state index contributed by atoms with van der Waals surface area (Å²) in [6.45, 7) is 3.43. The van der Waals surface area contributed by atoms with Gasteiger partial charge in [0, 0.05) is 48.0 Å². The van der Waals surface area contributed by atoms with Gasteiger partial charge in [-0.05, 0) is 72.3 Å². The largest absolute Gasteiger partial charge is 0.385 e. The minimum absolute atomic E-state index is 0.129. The van der Waals surface area contributed by atoms with Crippen LogP contribution in [0, 0.1) is 0 Å². The van der Waals surface area contributed by atoms with E-state index in [0.29, 0.717) is 27.9 Å². The highest BCUT2D eigenvalue weighted by Crippen LogP contribution is 2.34. The number of carbonyl (C=O) groups is 2. The zero-order chi connectivity index (χ0) is 21.7. The van der Waals surface area contributed by atoms with E-state index in [9.17, 15) is 9.59 Å². The monoisotopic (exact) mass is 409 g/mol. The van der Waals surface area contributed by atoms with E-state index in [1.54, 1.807) is 18.3 Å². The molecule has 2 N–H and O–H groups in total. The third-order valence-electron chi connectivity index (χ3n) is 5.13. The number of ketones is 2. The lowest BCUT2D eigenvalue weighted by Crippen LogP contribution is -2.24. The quantitative estimate of drug-likeness (QED) is 0.498. The van der Waals surface area contributed by atoms with E-state index in [2.05, 4.69) is 25.4 Å². The van der Waals surface area contributed by atoms with Crippen LogP contribution < -0.4 is 10.6 Å². The Balaban J connectivity index is 1.89. The molecule has 0 amide bonds. The lowest BCUT2D eigenvalue weighted by atomic mass is 9.83. The highest BCUT2D eigenvalue weighted by atomic mass is 16.1. The minimum atomic E-state index is -0.151. The zero-order valence-electron chi connectivity index (χ0n) is 18.3. The standard InChI is InChI=1S/C23H31N5O2/c1-27(2)11-5-8-25-16-13-18-21(20(14-16)26-9-6-12-28(3)4)23(30)19-15-24-10-7-17(19)22(18)29/h7,10,13-15,25-26H,5-6,8-9,11-12H2,1-4H3. The highest BCUT2D eigenvalue weighted by molar-refractivity contribution is 6.30. The van der Waals surface area contributed by atoms with E-state index >= 15 is 0 Å². The van der Waals surface area contributed by atoms with E-state index < -0.39 is 0 Å². The smallest absolute Gasteiger partial charge is 0.198 e. The van der Waals surface area contributed by atoms with Gasteiger partial charge in [0.1, 0.15) is 0 Å². The molecule has 7 nitrogen and oxygen atoms in total. The van der Waals surface area contributed by atoms with E-state index in [1.165, 1.54) is 6.20 Å². The summed E-state index contributed by atoms with van der Waals surface area (Å²) in [7, 11) is 8.16. The molecule has 3 rings (SSSR count). The van der Waals surface area contributed by atoms with Crippen molar-refractivity contribution in [3.8, 4) is 0 Å². The third kappa shape index (κ3) is 5.04. The molecule has 0 saturated heterocycles. The van der Waals surface area contributed by atoms with Crippen LogP contribution in [0.25, 0.3) is 0 Å². The summed E-state index contributed by atoms with van der Waals surface area (Å²) in [5.74, 6) is -0.280. The molecule has 1 heterocycles. The molecule has 1 aromatic heterocycles. The first kappa shape index (κ1) is 21.9. The number of carbonyl (C=O) groups excluding carboxylic acids is 2. The van der Waals surface area contributed by atoms with Crippen LogP contribution in [-0.4, -0.2) is 80.7 Å². The van der Waals surface area contributed by atoms with Crippen molar-refractivity contribution in [1.82, 2.24) is 14.8 Å². The lowest BCUT2D eigenvalue weighted by Gasteiger charge is -2.22. The topological polar surface area (TPSA) is 77.6 Å². The fourth-order valence-electron chi connectivity index (χ4n) is 3.61. The number of hydrogen-bond acceptors (Lipinski definition) is 7. The van der Waals surface area contributed by atoms with Crippen LogP contribution in [-0.2, 0) is 0 Å². The number of pyridine rings is 1. The number of hydrogen-bond donors (Lipinski definition) is 2. The molecule has 2 aromatic rings. The van der Waals surface area contributed by atoms with E-state index in [0.717, 1.165) is 44.7 Å². The molecule has 160 valence electrons. The summed E-state index contributed by atoms with van der Waals surface area (Å²) in [6.07, 6.45) is 4.96. The van der Waals surface area contributed by atoms with Gasteiger partial charge in [0.15, 0.2) is 11.6 Å². The number of nitrogens with one attached hydrogen (secondary N) is 2. The predicted octanol–water partition coefficient (Wildman–Crippen LogP) is 2.58. The van der Waals surface area contributed by atoms with Gasteiger partial charge in [-0.2, -0.15) is 0 Å². The Morgan fingerprint density at radius 3 is 2.17 bits per heavy atom. The first-order valence-corrected chi connectivity index (χ1v) is 10.4. The fourth-order valence-corrected chi connectivity index (χ4v) is 3.61. The van der Waals surface area contributed by atoms with Crippen LogP contribution >= 0.6 is 0 Å². The van der Waals surface area contributed by atoms with E-state index in [1.807, 2.05) is 34.3 Å². The van der Waals surface area contributed by atoms with Gasteiger partial charge in [0.05, 0.1) is 11.1 Å². The Hall–Kier alpha value is -2.77. The van der Waals surface area contributed by atoms with Crippen molar-refractivity contribution in [3.05, 3.63) is 52.8 Å². The molecule has 1 aromatic carbocycles. The first-order chi connectivity index (χ1) is 14.4. The van der Waals surface area contributed by atoms with Crippen LogP contribution in [0.1, 0.15) is 44.7 Å². The van der Waals surface area contributed by atoms with Crippen LogP contribution in [0.5, 0.6) is 0 Å². The molecule has 30 heavy (non-hydrogen) atoms. The number of fused-ring (bicyclic) bond motifs is 2. The van der Waals surface area contributed by atoms with Gasteiger partial charge in [-0.15, -0.1) is 0 Å². The maximum Gasteiger partial charge on any atom is 0.198 e. The molecule has 7 heteroatoms. The molecule has 0 spiro atoms. The van der Waals surface area contributed by atoms with E-state index in [-0.39, 0.29) is 11.6 Å². The average Bonchev–Trinajstić information content (AvgIpc) is 2.72. The minimum Gasteiger partial charge on any atom is -0.385 e. The van der Waals surface area contributed by atoms with Crippen molar-refractivity contribution in [3.63, 3.8) is 0 Å². The lowest BCUT2D eigenvalue weighted by molar-refractivity contribution is 0.0979. The van der Waals surface area contributed by atoms with Crippen molar-refractivity contribution < 1.29 is 9.59 Å². The van der Waals surface area contributed by atoms with Crippen molar-refractivity contribution in [2.24, 2.45) is 0 Å². The van der Waals surface area contributed by atoms with E-state index in [4.69, 9.17) is 0 Å². The summed E-state index contributed by atoms with van der Waals surface area (Å²) >= 11 is 0. The van der Waals surface area contributed by atoms with Crippen LogP contribution in [0.4, 0.5) is 11.4 Å². The number of aromatic nitrogens is 1. The molecule has 0 fully saturated rings. The second-order valence-corrected chi connectivity index (χ2v) is 8.19. The van der Waals surface area contributed by atoms with Gasteiger partial charge < -0.3 is 20.4 Å². The Morgan fingerprint density at radius 2 is 1.50 bits per heavy atom. The highest BCUT2D eigenvalue weighted by Gasteiger charge is 2.32. The van der Waals surface area contributed by atoms with Crippen LogP contribution in [0.15, 0.2) is 30.6 Å². The number of benzene rings is 1. The Kier molecular flexibility index (Phi) is 7.18. The summed E-state index contributed by atoms with van der Waals surface area (Å²) < 4.78 is 0. The van der Waals surface area contributed by atoms with Crippen LogP contribution in [0.3, 0.4) is 0 Å². The van der Waals surface area contributed by atoms with Gasteiger partial charge in [-0.3, -0.25) is 14.6 Å². The summed E-state index contributed by atoms with van der Waals surface area (Å²) in [5, 5.41) is 6.80. The van der Waals surface area contributed by atoms with Gasteiger partial charge in [-0.1, -0.05) is 0 Å². The fraction of sp³-hybridized carbons (Fsp3) is 0.435. The predicted molar refractivity (Wildman–Crippen MR) is 121 cm³/mol. The number of rotatable bonds is 10. The Bertz CT molecular complexity index is 924. The van der Waals surface area contributed by atoms with Crippen molar-refractivity contribution in [2.75, 3.05) is 65.0 Å². The van der Waals surface area contributed by atoms with Gasteiger partial charge in [0.25, 0.3) is 0 Å². The molecule has 0 atom stereocenters. The maximum atomic E-state index is 13.2. The van der Waals surface area contributed by atoms with Crippen molar-refractivity contribution >= 4 is 22.9 Å². The number of nitrogens with zero attached hydrogens (tertiary/aromatic N) is 3. The van der Waals surface area contributed by atoms with Gasteiger partial charge in [0.2, 0.25) is 0 Å². The zero-order valence-corrected chi connectivity index (χ0v) is 18.3. The maximum absolute atomic E-state index is 13.2. The first-order valence-electron chi connectivity index (χ1n) is 10.4. The summed E-state index contributed by atoms with van der Waals surface area (Å²) in [4.78, 5) is 34.6. The molecule has 0 aliphatic heterocycles. The van der Waals surface area contributed by atoms with Crippen molar-refractivity contribution in [1.29, 1.82) is 0 Å². The number of anilines is 2. The molecule has 0 saturated carbocycles. The second-order valence-electron chi connectivity index (χ2n) is 8.19. The summed E-state index contributed by atoms with van der Waals surface area (Å²) in [5.41, 5.74) is 3.25. The molecule has 1 aliphatic rings. The summed E-state index contributed by atoms with van der Waals surface area (Å²) in [6, 6.07) is 5.37. The average molecular weight is 410 g/mol. The van der Waals surface area contributed by atoms with Crippen molar-refractivity contribution in [2.45, 2.75) is 12.8 Å². The normalized spacial score (nSPS) is 12.9. The third-order valence-corrected chi connectivity index (χ3v) is 5.13. The molecular weight excluding hydrogens is 378 g/mol. The molecule has 0 bridgehead atoms. The van der Waals surface area contributed by atoms with Crippen LogP contribution in [0.2, 0.25) is 0 Å². The molecule has 1 aliphatic carbocycles. The molecule has 0 radical (unpaired) electrons. The molecular formula is C23H31N5O2.